The molecule has 0 unspecified atom stereocenters. The Morgan fingerprint density at radius 2 is 1.21 bits per heavy atom. The first kappa shape index (κ1) is 18.4. The Morgan fingerprint density at radius 1 is 0.621 bits per heavy atom. The van der Waals surface area contributed by atoms with Gasteiger partial charge in [-0.15, -0.1) is 0 Å². The predicted octanol–water partition coefficient (Wildman–Crippen LogP) is 8.32. The average Bonchev–Trinajstić information content (AvgIpc) is 3.02. The quantitative estimate of drug-likeness (QED) is 0.400. The molecule has 0 atom stereocenters. The Morgan fingerprint density at radius 3 is 1.86 bits per heavy atom. The van der Waals surface area contributed by atoms with Gasteiger partial charge in [0.15, 0.2) is 0 Å². The van der Waals surface area contributed by atoms with Crippen LogP contribution < -0.4 is 0 Å². The molecule has 0 aromatic heterocycles. The Kier molecular flexibility index (Phi) is 5.35. The fraction of sp³-hybridized carbons (Fsp3) is 0.310. The summed E-state index contributed by atoms with van der Waals surface area (Å²) in [7, 11) is 0. The Hall–Kier alpha value is -2.60. The Labute approximate surface area is 175 Å². The van der Waals surface area contributed by atoms with Gasteiger partial charge in [-0.2, -0.15) is 0 Å². The fourth-order valence-corrected chi connectivity index (χ4v) is 5.33. The normalized spacial score (nSPS) is 16.9. The number of hydrogen-bond donors (Lipinski definition) is 0. The Bertz CT molecular complexity index is 987. The number of benzene rings is 3. The average molecular weight is 379 g/mol. The zero-order chi connectivity index (χ0) is 19.5. The van der Waals surface area contributed by atoms with Gasteiger partial charge in [-0.1, -0.05) is 123 Å². The first-order valence-corrected chi connectivity index (χ1v) is 11.3. The number of rotatable bonds is 4. The van der Waals surface area contributed by atoms with E-state index < -0.39 is 0 Å². The number of allylic oxidation sites excluding steroid dienone is 1. The zero-order valence-electron chi connectivity index (χ0n) is 17.2. The molecule has 0 heterocycles. The van der Waals surface area contributed by atoms with Crippen LogP contribution in [0, 0.1) is 5.92 Å². The highest BCUT2D eigenvalue weighted by Crippen LogP contribution is 2.42. The van der Waals surface area contributed by atoms with Crippen molar-refractivity contribution in [3.63, 3.8) is 0 Å². The lowest BCUT2D eigenvalue weighted by molar-refractivity contribution is 0.455. The van der Waals surface area contributed by atoms with E-state index in [4.69, 9.17) is 0 Å². The van der Waals surface area contributed by atoms with Crippen LogP contribution >= 0.6 is 0 Å². The van der Waals surface area contributed by atoms with Gasteiger partial charge in [0.1, 0.15) is 0 Å². The second-order valence-corrected chi connectivity index (χ2v) is 8.83. The molecule has 5 rings (SSSR count). The highest BCUT2D eigenvalue weighted by molar-refractivity contribution is 5.87. The van der Waals surface area contributed by atoms with Crippen LogP contribution in [-0.4, -0.2) is 0 Å². The van der Waals surface area contributed by atoms with Crippen LogP contribution in [0.25, 0.3) is 28.3 Å². The zero-order valence-corrected chi connectivity index (χ0v) is 17.2. The SMILES string of the molecule is C1=C(CC2CCCCCC2)Cc2c(-c3ccccc3)ccc(-c3ccccc3)c21. The molecule has 146 valence electrons. The van der Waals surface area contributed by atoms with Gasteiger partial charge in [-0.05, 0) is 52.1 Å². The molecular formula is C29H30. The number of hydrogen-bond acceptors (Lipinski definition) is 0. The van der Waals surface area contributed by atoms with Crippen molar-refractivity contribution in [2.24, 2.45) is 5.92 Å². The third-order valence-corrected chi connectivity index (χ3v) is 6.80. The molecule has 0 aliphatic heterocycles. The van der Waals surface area contributed by atoms with Crippen molar-refractivity contribution >= 4 is 6.08 Å². The lowest BCUT2D eigenvalue weighted by Gasteiger charge is -2.15. The summed E-state index contributed by atoms with van der Waals surface area (Å²) in [5, 5.41) is 0. The van der Waals surface area contributed by atoms with Crippen LogP contribution in [0.2, 0.25) is 0 Å². The molecule has 1 saturated carbocycles. The summed E-state index contributed by atoms with van der Waals surface area (Å²) >= 11 is 0. The van der Waals surface area contributed by atoms with E-state index in [0.717, 1.165) is 12.3 Å². The summed E-state index contributed by atoms with van der Waals surface area (Å²) < 4.78 is 0. The van der Waals surface area contributed by atoms with E-state index in [1.54, 1.807) is 5.57 Å². The van der Waals surface area contributed by atoms with Crippen LogP contribution in [0.1, 0.15) is 56.1 Å². The van der Waals surface area contributed by atoms with Crippen molar-refractivity contribution < 1.29 is 0 Å². The molecule has 0 radical (unpaired) electrons. The van der Waals surface area contributed by atoms with Gasteiger partial charge in [-0.25, -0.2) is 0 Å². The lowest BCUT2D eigenvalue weighted by Crippen LogP contribution is -2.01. The van der Waals surface area contributed by atoms with Crippen LogP contribution in [-0.2, 0) is 6.42 Å². The minimum absolute atomic E-state index is 0.887. The predicted molar refractivity (Wildman–Crippen MR) is 125 cm³/mol. The highest BCUT2D eigenvalue weighted by Gasteiger charge is 2.23. The van der Waals surface area contributed by atoms with E-state index in [2.05, 4.69) is 78.9 Å². The largest absolute Gasteiger partial charge is 0.0649 e. The molecule has 0 N–H and O–H groups in total. The van der Waals surface area contributed by atoms with Crippen molar-refractivity contribution in [2.45, 2.75) is 51.4 Å². The molecule has 2 aliphatic carbocycles. The van der Waals surface area contributed by atoms with E-state index in [-0.39, 0.29) is 0 Å². The van der Waals surface area contributed by atoms with Crippen molar-refractivity contribution in [1.29, 1.82) is 0 Å². The molecule has 29 heavy (non-hydrogen) atoms. The van der Waals surface area contributed by atoms with Gasteiger partial charge in [-0.3, -0.25) is 0 Å². The summed E-state index contributed by atoms with van der Waals surface area (Å²) in [5.74, 6) is 0.887. The monoisotopic (exact) mass is 378 g/mol. The van der Waals surface area contributed by atoms with Crippen LogP contribution in [0.3, 0.4) is 0 Å². The smallest absolute Gasteiger partial charge is 0.00513 e. The maximum atomic E-state index is 2.54. The van der Waals surface area contributed by atoms with E-state index in [1.165, 1.54) is 78.3 Å². The van der Waals surface area contributed by atoms with Gasteiger partial charge in [0.05, 0.1) is 0 Å². The van der Waals surface area contributed by atoms with Crippen LogP contribution in [0.4, 0.5) is 0 Å². The topological polar surface area (TPSA) is 0 Å². The van der Waals surface area contributed by atoms with Gasteiger partial charge >= 0.3 is 0 Å². The molecule has 0 amide bonds. The van der Waals surface area contributed by atoms with Crippen molar-refractivity contribution in [3.8, 4) is 22.3 Å². The van der Waals surface area contributed by atoms with Crippen molar-refractivity contribution in [3.05, 3.63) is 89.5 Å². The first-order chi connectivity index (χ1) is 14.4. The van der Waals surface area contributed by atoms with E-state index in [9.17, 15) is 0 Å². The molecule has 2 aliphatic rings. The summed E-state index contributed by atoms with van der Waals surface area (Å²) in [4.78, 5) is 0. The summed E-state index contributed by atoms with van der Waals surface area (Å²) in [6, 6.07) is 26.5. The maximum Gasteiger partial charge on any atom is -0.00513 e. The van der Waals surface area contributed by atoms with Crippen molar-refractivity contribution in [1.82, 2.24) is 0 Å². The molecule has 0 heteroatoms. The third kappa shape index (κ3) is 3.94. The molecule has 0 bridgehead atoms. The van der Waals surface area contributed by atoms with Gasteiger partial charge in [0.2, 0.25) is 0 Å². The Balaban J connectivity index is 1.53. The molecule has 0 nitrogen and oxygen atoms in total. The van der Waals surface area contributed by atoms with Gasteiger partial charge in [0.25, 0.3) is 0 Å². The maximum absolute atomic E-state index is 2.54. The standard InChI is InChI=1S/C29H30/c1-2-6-12-22(11-5-1)19-23-20-28-26(24-13-7-3-8-14-24)17-18-27(29(28)21-23)25-15-9-4-10-16-25/h3-4,7-10,13-18,20,22H,1-2,5-6,11-12,19,21H2. The van der Waals surface area contributed by atoms with Gasteiger partial charge < -0.3 is 0 Å². The second-order valence-electron chi connectivity index (χ2n) is 8.83. The van der Waals surface area contributed by atoms with E-state index in [1.807, 2.05) is 0 Å². The summed E-state index contributed by atoms with van der Waals surface area (Å²) in [6.07, 6.45) is 13.5. The minimum Gasteiger partial charge on any atom is -0.0649 e. The highest BCUT2D eigenvalue weighted by atomic mass is 14.3. The van der Waals surface area contributed by atoms with Gasteiger partial charge in [0, 0.05) is 0 Å². The van der Waals surface area contributed by atoms with Crippen molar-refractivity contribution in [2.75, 3.05) is 0 Å². The molecular weight excluding hydrogens is 348 g/mol. The molecule has 3 aromatic rings. The summed E-state index contributed by atoms with van der Waals surface area (Å²) in [6.45, 7) is 0. The van der Waals surface area contributed by atoms with E-state index >= 15 is 0 Å². The molecule has 1 fully saturated rings. The van der Waals surface area contributed by atoms with E-state index in [0.29, 0.717) is 0 Å². The molecule has 3 aromatic carbocycles. The second kappa shape index (κ2) is 8.41. The first-order valence-electron chi connectivity index (χ1n) is 11.3. The minimum atomic E-state index is 0.887. The lowest BCUT2D eigenvalue weighted by atomic mass is 9.89. The molecule has 0 spiro atoms. The third-order valence-electron chi connectivity index (χ3n) is 6.80. The van der Waals surface area contributed by atoms with Crippen LogP contribution in [0.5, 0.6) is 0 Å². The number of fused-ring (bicyclic) bond motifs is 1. The summed E-state index contributed by atoms with van der Waals surface area (Å²) in [5.41, 5.74) is 10.1. The fourth-order valence-electron chi connectivity index (χ4n) is 5.33. The molecule has 0 saturated heterocycles. The van der Waals surface area contributed by atoms with Crippen LogP contribution in [0.15, 0.2) is 78.4 Å².